The van der Waals surface area contributed by atoms with Crippen molar-refractivity contribution in [2.75, 3.05) is 20.7 Å². The van der Waals surface area contributed by atoms with Gasteiger partial charge in [-0.15, -0.1) is 0 Å². The van der Waals surface area contributed by atoms with E-state index in [9.17, 15) is 0 Å². The van der Waals surface area contributed by atoms with Gasteiger partial charge in [-0.2, -0.15) is 0 Å². The van der Waals surface area contributed by atoms with E-state index in [1.807, 2.05) is 0 Å². The Bertz CT molecular complexity index is 426. The molecule has 1 N–H and O–H groups in total. The molecule has 0 aromatic heterocycles. The first-order valence-corrected chi connectivity index (χ1v) is 7.47. The number of methoxy groups -OCH3 is 1. The third kappa shape index (κ3) is 2.94. The fourth-order valence-corrected chi connectivity index (χ4v) is 3.50. The van der Waals surface area contributed by atoms with Crippen molar-refractivity contribution in [3.05, 3.63) is 28.8 Å². The second-order valence-corrected chi connectivity index (χ2v) is 5.84. The lowest BCUT2D eigenvalue weighted by atomic mass is 9.74. The van der Waals surface area contributed by atoms with E-state index in [0.29, 0.717) is 5.92 Å². The predicted octanol–water partition coefficient (Wildman–Crippen LogP) is 3.81. The van der Waals surface area contributed by atoms with Crippen LogP contribution < -0.4 is 10.1 Å². The molecule has 0 spiro atoms. The highest BCUT2D eigenvalue weighted by Gasteiger charge is 2.28. The molecule has 2 heteroatoms. The van der Waals surface area contributed by atoms with E-state index in [1.54, 1.807) is 7.11 Å². The van der Waals surface area contributed by atoms with E-state index < -0.39 is 0 Å². The lowest BCUT2D eigenvalue weighted by Gasteiger charge is -2.33. The zero-order chi connectivity index (χ0) is 13.8. The van der Waals surface area contributed by atoms with E-state index in [2.05, 4.69) is 38.3 Å². The number of hydrogen-bond acceptors (Lipinski definition) is 2. The Balaban J connectivity index is 2.35. The van der Waals surface area contributed by atoms with Crippen LogP contribution in [-0.2, 0) is 0 Å². The zero-order valence-corrected chi connectivity index (χ0v) is 12.8. The minimum atomic E-state index is 0.649. The fourth-order valence-electron chi connectivity index (χ4n) is 3.50. The van der Waals surface area contributed by atoms with Gasteiger partial charge in [-0.3, -0.25) is 0 Å². The quantitative estimate of drug-likeness (QED) is 0.890. The average molecular weight is 261 g/mol. The van der Waals surface area contributed by atoms with Crippen LogP contribution in [0, 0.1) is 19.8 Å². The van der Waals surface area contributed by atoms with Gasteiger partial charge in [0, 0.05) is 0 Å². The van der Waals surface area contributed by atoms with E-state index in [1.165, 1.54) is 42.4 Å². The van der Waals surface area contributed by atoms with E-state index in [0.717, 1.165) is 18.2 Å². The zero-order valence-electron chi connectivity index (χ0n) is 12.8. The number of aryl methyl sites for hydroxylation is 1. The summed E-state index contributed by atoms with van der Waals surface area (Å²) in [6, 6.07) is 4.54. The topological polar surface area (TPSA) is 21.3 Å². The largest absolute Gasteiger partial charge is 0.496 e. The molecule has 2 rings (SSSR count). The van der Waals surface area contributed by atoms with Gasteiger partial charge in [0.2, 0.25) is 0 Å². The summed E-state index contributed by atoms with van der Waals surface area (Å²) >= 11 is 0. The molecule has 0 saturated heterocycles. The maximum absolute atomic E-state index is 5.72. The van der Waals surface area contributed by atoms with Crippen LogP contribution in [0.5, 0.6) is 5.75 Å². The lowest BCUT2D eigenvalue weighted by Crippen LogP contribution is -2.27. The average Bonchev–Trinajstić information content (AvgIpc) is 2.43. The first-order chi connectivity index (χ1) is 9.19. The SMILES string of the molecule is CNCC1CCCCC1c1ccc(C)c(C)c1OC. The first kappa shape index (κ1) is 14.4. The number of ether oxygens (including phenoxy) is 1. The van der Waals surface area contributed by atoms with Gasteiger partial charge >= 0.3 is 0 Å². The molecule has 2 unspecified atom stereocenters. The third-order valence-electron chi connectivity index (χ3n) is 4.69. The van der Waals surface area contributed by atoms with Gasteiger partial charge in [-0.25, -0.2) is 0 Å². The Labute approximate surface area is 117 Å². The molecule has 1 aromatic rings. The molecule has 0 aliphatic heterocycles. The van der Waals surface area contributed by atoms with Crippen LogP contribution in [0.3, 0.4) is 0 Å². The van der Waals surface area contributed by atoms with Gasteiger partial charge in [0.15, 0.2) is 0 Å². The Morgan fingerprint density at radius 2 is 1.95 bits per heavy atom. The monoisotopic (exact) mass is 261 g/mol. The second-order valence-electron chi connectivity index (χ2n) is 5.84. The van der Waals surface area contributed by atoms with Gasteiger partial charge in [0.1, 0.15) is 5.75 Å². The minimum absolute atomic E-state index is 0.649. The Morgan fingerprint density at radius 3 is 2.63 bits per heavy atom. The number of nitrogens with one attached hydrogen (secondary N) is 1. The van der Waals surface area contributed by atoms with Crippen LogP contribution in [0.15, 0.2) is 12.1 Å². The first-order valence-electron chi connectivity index (χ1n) is 7.47. The van der Waals surface area contributed by atoms with Gasteiger partial charge in [-0.05, 0) is 68.8 Å². The molecule has 106 valence electrons. The molecule has 1 aliphatic rings. The molecule has 1 aromatic carbocycles. The van der Waals surface area contributed by atoms with Crippen LogP contribution in [0.1, 0.15) is 48.3 Å². The molecular formula is C17H27NO. The van der Waals surface area contributed by atoms with Crippen molar-refractivity contribution in [3.8, 4) is 5.75 Å². The van der Waals surface area contributed by atoms with Crippen molar-refractivity contribution in [3.63, 3.8) is 0 Å². The van der Waals surface area contributed by atoms with Crippen molar-refractivity contribution in [2.24, 2.45) is 5.92 Å². The van der Waals surface area contributed by atoms with Crippen molar-refractivity contribution >= 4 is 0 Å². The number of benzene rings is 1. The van der Waals surface area contributed by atoms with E-state index in [-0.39, 0.29) is 0 Å². The highest BCUT2D eigenvalue weighted by atomic mass is 16.5. The third-order valence-corrected chi connectivity index (χ3v) is 4.69. The van der Waals surface area contributed by atoms with E-state index in [4.69, 9.17) is 4.74 Å². The van der Waals surface area contributed by atoms with Crippen molar-refractivity contribution < 1.29 is 4.74 Å². The van der Waals surface area contributed by atoms with Gasteiger partial charge in [0.05, 0.1) is 7.11 Å². The molecule has 0 heterocycles. The second kappa shape index (κ2) is 6.42. The summed E-state index contributed by atoms with van der Waals surface area (Å²) in [6.45, 7) is 5.45. The summed E-state index contributed by atoms with van der Waals surface area (Å²) in [5, 5.41) is 3.36. The summed E-state index contributed by atoms with van der Waals surface area (Å²) in [4.78, 5) is 0. The van der Waals surface area contributed by atoms with Crippen LogP contribution in [0.4, 0.5) is 0 Å². The Hall–Kier alpha value is -1.02. The highest BCUT2D eigenvalue weighted by Crippen LogP contribution is 2.42. The molecule has 19 heavy (non-hydrogen) atoms. The summed E-state index contributed by atoms with van der Waals surface area (Å²) in [6.07, 6.45) is 5.35. The summed E-state index contributed by atoms with van der Waals surface area (Å²) < 4.78 is 5.72. The van der Waals surface area contributed by atoms with E-state index >= 15 is 0 Å². The Morgan fingerprint density at radius 1 is 1.21 bits per heavy atom. The molecule has 1 fully saturated rings. The van der Waals surface area contributed by atoms with Crippen molar-refractivity contribution in [1.82, 2.24) is 5.32 Å². The minimum Gasteiger partial charge on any atom is -0.496 e. The summed E-state index contributed by atoms with van der Waals surface area (Å²) in [5.41, 5.74) is 4.04. The normalized spacial score (nSPS) is 23.4. The molecular weight excluding hydrogens is 234 g/mol. The van der Waals surface area contributed by atoms with Crippen molar-refractivity contribution in [2.45, 2.75) is 45.4 Å². The fraction of sp³-hybridized carbons (Fsp3) is 0.647. The molecule has 0 radical (unpaired) electrons. The molecule has 1 aliphatic carbocycles. The smallest absolute Gasteiger partial charge is 0.125 e. The lowest BCUT2D eigenvalue weighted by molar-refractivity contribution is 0.292. The molecule has 2 atom stereocenters. The highest BCUT2D eigenvalue weighted by molar-refractivity contribution is 5.47. The van der Waals surface area contributed by atoms with Gasteiger partial charge < -0.3 is 10.1 Å². The summed E-state index contributed by atoms with van der Waals surface area (Å²) in [7, 11) is 3.87. The standard InChI is InChI=1S/C17H27NO/c1-12-9-10-16(17(19-4)13(12)2)15-8-6-5-7-14(15)11-18-3/h9-10,14-15,18H,5-8,11H2,1-4H3. The molecule has 0 amide bonds. The predicted molar refractivity (Wildman–Crippen MR) is 81.1 cm³/mol. The Kier molecular flexibility index (Phi) is 4.87. The van der Waals surface area contributed by atoms with Crippen molar-refractivity contribution in [1.29, 1.82) is 0 Å². The maximum Gasteiger partial charge on any atom is 0.125 e. The van der Waals surface area contributed by atoms with Crippen LogP contribution >= 0.6 is 0 Å². The summed E-state index contributed by atoms with van der Waals surface area (Å²) in [5.74, 6) is 2.51. The molecule has 1 saturated carbocycles. The van der Waals surface area contributed by atoms with Gasteiger partial charge in [0.25, 0.3) is 0 Å². The maximum atomic E-state index is 5.72. The van der Waals surface area contributed by atoms with Crippen LogP contribution in [0.25, 0.3) is 0 Å². The molecule has 2 nitrogen and oxygen atoms in total. The van der Waals surface area contributed by atoms with Crippen LogP contribution in [0.2, 0.25) is 0 Å². The number of rotatable bonds is 4. The van der Waals surface area contributed by atoms with Gasteiger partial charge in [-0.1, -0.05) is 25.0 Å². The number of hydrogen-bond donors (Lipinski definition) is 1. The molecule has 0 bridgehead atoms. The van der Waals surface area contributed by atoms with Crippen LogP contribution in [-0.4, -0.2) is 20.7 Å².